The summed E-state index contributed by atoms with van der Waals surface area (Å²) in [4.78, 5) is 13.3. The molecule has 0 radical (unpaired) electrons. The SMILES string of the molecule is CCCCCCCCCCCCCCCCCC/C=C/CC/C=C/C(O)C(COC1OC(CO)C(OC2OC(CO)C(OC3OC(CO)C(O)C(O)C3O)C(O)C2O)C(O)C1O)NC(=O)CCCCCCCCCCCCCC. The summed E-state index contributed by atoms with van der Waals surface area (Å²) in [6.07, 6.45) is 18.8. The van der Waals surface area contributed by atoms with E-state index in [2.05, 4.69) is 31.3 Å². The molecule has 17 unspecified atom stereocenters. The van der Waals surface area contributed by atoms with Gasteiger partial charge in [-0.1, -0.05) is 205 Å². The minimum absolute atomic E-state index is 0.239. The van der Waals surface area contributed by atoms with Crippen LogP contribution in [0.2, 0.25) is 0 Å². The summed E-state index contributed by atoms with van der Waals surface area (Å²) in [5.41, 5.74) is 0. The van der Waals surface area contributed by atoms with Crippen molar-refractivity contribution in [2.45, 2.75) is 324 Å². The van der Waals surface area contributed by atoms with Crippen molar-refractivity contribution in [3.05, 3.63) is 24.3 Å². The Balaban J connectivity index is 1.49. The summed E-state index contributed by atoms with van der Waals surface area (Å²) in [6.45, 7) is 1.70. The lowest BCUT2D eigenvalue weighted by Gasteiger charge is -2.48. The van der Waals surface area contributed by atoms with Crippen molar-refractivity contribution < 1.29 is 89.4 Å². The number of ether oxygens (including phenoxy) is 6. The lowest BCUT2D eigenvalue weighted by atomic mass is 9.96. The van der Waals surface area contributed by atoms with Gasteiger partial charge in [-0.15, -0.1) is 0 Å². The van der Waals surface area contributed by atoms with Gasteiger partial charge < -0.3 is 89.9 Å². The van der Waals surface area contributed by atoms with Crippen molar-refractivity contribution in [3.8, 4) is 0 Å². The van der Waals surface area contributed by atoms with Gasteiger partial charge in [0.1, 0.15) is 73.2 Å². The highest BCUT2D eigenvalue weighted by molar-refractivity contribution is 5.76. The van der Waals surface area contributed by atoms with E-state index in [1.54, 1.807) is 6.08 Å². The quantitative estimate of drug-likeness (QED) is 0.0248. The molecule has 3 rings (SSSR count). The molecule has 12 N–H and O–H groups in total. The summed E-state index contributed by atoms with van der Waals surface area (Å²) in [6, 6.07) is -0.984. The number of aliphatic hydroxyl groups excluding tert-OH is 11. The number of carbonyl (C=O) groups is 1. The Hall–Kier alpha value is -1.73. The fourth-order valence-corrected chi connectivity index (χ4v) is 10.6. The molecule has 3 aliphatic heterocycles. The molecule has 1 amide bonds. The maximum absolute atomic E-state index is 13.3. The average molecular weight is 1130 g/mol. The van der Waals surface area contributed by atoms with Gasteiger partial charge in [-0.25, -0.2) is 0 Å². The Labute approximate surface area is 473 Å². The number of hydrogen-bond acceptors (Lipinski definition) is 18. The van der Waals surface area contributed by atoms with Crippen LogP contribution in [0.25, 0.3) is 0 Å². The zero-order valence-corrected chi connectivity index (χ0v) is 48.4. The third-order valence-electron chi connectivity index (χ3n) is 15.8. The Kier molecular flexibility index (Phi) is 39.7. The van der Waals surface area contributed by atoms with E-state index in [-0.39, 0.29) is 18.9 Å². The van der Waals surface area contributed by atoms with Crippen LogP contribution in [0.4, 0.5) is 0 Å². The van der Waals surface area contributed by atoms with Crippen LogP contribution in [-0.2, 0) is 33.2 Å². The predicted octanol–water partition coefficient (Wildman–Crippen LogP) is 5.93. The standard InChI is InChI=1S/C60H111NO18/c1-3-5-7-9-11-13-15-17-18-19-20-21-22-23-24-25-26-27-29-31-33-35-37-44(65)43(61-48(66)38-36-34-32-30-28-16-14-12-10-8-6-4-2)42-74-58-54(72)51(69)56(46(40-63)76-58)79-60-55(73)52(70)57(47(41-64)77-60)78-59-53(71)50(68)49(67)45(39-62)75-59/h27,29,35,37,43-47,49-60,62-65,67-73H,3-26,28,30-34,36,38-42H2,1-2H3,(H,61,66)/b29-27+,37-35+. The van der Waals surface area contributed by atoms with Gasteiger partial charge in [0.2, 0.25) is 5.91 Å². The molecule has 3 aliphatic rings. The molecule has 0 aliphatic carbocycles. The summed E-state index contributed by atoms with van der Waals surface area (Å²) < 4.78 is 34.2. The van der Waals surface area contributed by atoms with Crippen molar-refractivity contribution in [3.63, 3.8) is 0 Å². The maximum atomic E-state index is 13.3. The molecule has 0 aromatic carbocycles. The minimum Gasteiger partial charge on any atom is -0.394 e. The first-order valence-corrected chi connectivity index (χ1v) is 31.1. The number of rotatable bonds is 46. The fourth-order valence-electron chi connectivity index (χ4n) is 10.6. The molecule has 3 heterocycles. The topological polar surface area (TPSA) is 307 Å². The summed E-state index contributed by atoms with van der Waals surface area (Å²) in [7, 11) is 0. The average Bonchev–Trinajstić information content (AvgIpc) is 3.49. The number of allylic oxidation sites excluding steroid dienone is 3. The Morgan fingerprint density at radius 2 is 0.810 bits per heavy atom. The molecule has 0 bridgehead atoms. The molecule has 464 valence electrons. The van der Waals surface area contributed by atoms with Crippen molar-refractivity contribution in [1.82, 2.24) is 5.32 Å². The van der Waals surface area contributed by atoms with Crippen LogP contribution < -0.4 is 5.32 Å². The van der Waals surface area contributed by atoms with Gasteiger partial charge in [0.25, 0.3) is 0 Å². The second-order valence-corrected chi connectivity index (χ2v) is 22.5. The molecule has 3 saturated heterocycles. The number of hydrogen-bond donors (Lipinski definition) is 12. The third-order valence-corrected chi connectivity index (χ3v) is 15.8. The lowest BCUT2D eigenvalue weighted by molar-refractivity contribution is -0.379. The van der Waals surface area contributed by atoms with Crippen molar-refractivity contribution in [2.75, 3.05) is 26.4 Å². The second-order valence-electron chi connectivity index (χ2n) is 22.5. The molecule has 19 nitrogen and oxygen atoms in total. The Morgan fingerprint density at radius 3 is 1.27 bits per heavy atom. The molecular formula is C60H111NO18. The van der Waals surface area contributed by atoms with E-state index in [1.807, 2.05) is 6.08 Å². The van der Waals surface area contributed by atoms with Gasteiger partial charge in [0.15, 0.2) is 18.9 Å². The molecule has 0 spiro atoms. The number of carbonyl (C=O) groups excluding carboxylic acids is 1. The first-order valence-electron chi connectivity index (χ1n) is 31.1. The normalized spacial score (nSPS) is 30.4. The monoisotopic (exact) mass is 1130 g/mol. The van der Waals surface area contributed by atoms with Gasteiger partial charge in [-0.3, -0.25) is 4.79 Å². The molecule has 0 aromatic heterocycles. The molecular weight excluding hydrogens is 1020 g/mol. The van der Waals surface area contributed by atoms with E-state index < -0.39 is 124 Å². The van der Waals surface area contributed by atoms with Crippen LogP contribution in [-0.4, -0.2) is 193 Å². The van der Waals surface area contributed by atoms with E-state index in [4.69, 9.17) is 28.4 Å². The van der Waals surface area contributed by atoms with Crippen molar-refractivity contribution >= 4 is 5.91 Å². The van der Waals surface area contributed by atoms with Crippen LogP contribution in [0.3, 0.4) is 0 Å². The fraction of sp³-hybridized carbons (Fsp3) is 0.917. The number of aliphatic hydroxyl groups is 11. The Bertz CT molecular complexity index is 1540. The zero-order chi connectivity index (χ0) is 57.6. The molecule has 17 atom stereocenters. The van der Waals surface area contributed by atoms with Gasteiger partial charge in [0, 0.05) is 6.42 Å². The number of unbranched alkanes of at least 4 members (excludes halogenated alkanes) is 28. The number of nitrogens with one attached hydrogen (secondary N) is 1. The van der Waals surface area contributed by atoms with Crippen LogP contribution in [0, 0.1) is 0 Å². The van der Waals surface area contributed by atoms with Gasteiger partial charge in [-0.05, 0) is 32.1 Å². The van der Waals surface area contributed by atoms with Gasteiger partial charge in [0.05, 0.1) is 38.6 Å². The van der Waals surface area contributed by atoms with Crippen molar-refractivity contribution in [1.29, 1.82) is 0 Å². The smallest absolute Gasteiger partial charge is 0.220 e. The van der Waals surface area contributed by atoms with E-state index in [1.165, 1.54) is 148 Å². The van der Waals surface area contributed by atoms with E-state index >= 15 is 0 Å². The van der Waals surface area contributed by atoms with Crippen LogP contribution >= 0.6 is 0 Å². The molecule has 0 aromatic rings. The molecule has 19 heteroatoms. The lowest BCUT2D eigenvalue weighted by Crippen LogP contribution is -2.66. The molecule has 0 saturated carbocycles. The number of amides is 1. The van der Waals surface area contributed by atoms with E-state index in [9.17, 15) is 61.0 Å². The summed E-state index contributed by atoms with van der Waals surface area (Å²) in [5.74, 6) is -0.285. The highest BCUT2D eigenvalue weighted by atomic mass is 16.8. The first-order chi connectivity index (χ1) is 38.3. The van der Waals surface area contributed by atoms with Crippen LogP contribution in [0.5, 0.6) is 0 Å². The highest BCUT2D eigenvalue weighted by Crippen LogP contribution is 2.33. The first kappa shape index (κ1) is 71.5. The Morgan fingerprint density at radius 1 is 0.443 bits per heavy atom. The van der Waals surface area contributed by atoms with E-state index in [0.29, 0.717) is 12.8 Å². The summed E-state index contributed by atoms with van der Waals surface area (Å²) in [5, 5.41) is 120. The van der Waals surface area contributed by atoms with Gasteiger partial charge in [-0.2, -0.15) is 0 Å². The zero-order valence-electron chi connectivity index (χ0n) is 48.4. The third kappa shape index (κ3) is 27.7. The van der Waals surface area contributed by atoms with Gasteiger partial charge >= 0.3 is 0 Å². The van der Waals surface area contributed by atoms with Crippen molar-refractivity contribution in [2.24, 2.45) is 0 Å². The summed E-state index contributed by atoms with van der Waals surface area (Å²) >= 11 is 0. The highest BCUT2D eigenvalue weighted by Gasteiger charge is 2.53. The minimum atomic E-state index is -1.98. The molecule has 3 fully saturated rings. The second kappa shape index (κ2) is 43.8. The van der Waals surface area contributed by atoms with E-state index in [0.717, 1.165) is 38.5 Å². The van der Waals surface area contributed by atoms with Crippen LogP contribution in [0.15, 0.2) is 24.3 Å². The predicted molar refractivity (Wildman–Crippen MR) is 300 cm³/mol. The van der Waals surface area contributed by atoms with Crippen LogP contribution in [0.1, 0.15) is 219 Å². The largest absolute Gasteiger partial charge is 0.394 e. The molecule has 79 heavy (non-hydrogen) atoms. The maximum Gasteiger partial charge on any atom is 0.220 e.